The van der Waals surface area contributed by atoms with E-state index in [9.17, 15) is 9.18 Å². The summed E-state index contributed by atoms with van der Waals surface area (Å²) in [7, 11) is 1.40. The molecule has 0 saturated heterocycles. The van der Waals surface area contributed by atoms with E-state index in [4.69, 9.17) is 10.5 Å². The summed E-state index contributed by atoms with van der Waals surface area (Å²) in [4.78, 5) is 16.1. The minimum absolute atomic E-state index is 0.00205. The Kier molecular flexibility index (Phi) is 3.80. The lowest BCUT2D eigenvalue weighted by Crippen LogP contribution is -2.44. The minimum atomic E-state index is -0.520. The van der Waals surface area contributed by atoms with Gasteiger partial charge in [-0.05, 0) is 31.1 Å². The van der Waals surface area contributed by atoms with E-state index in [1.165, 1.54) is 19.4 Å². The maximum atomic E-state index is 13.9. The fraction of sp³-hybridized carbons (Fsp3) is 0.600. The predicted octanol–water partition coefficient (Wildman–Crippen LogP) is 1.22. The van der Waals surface area contributed by atoms with Crippen LogP contribution in [0.2, 0.25) is 0 Å². The van der Waals surface area contributed by atoms with Gasteiger partial charge in [0.2, 0.25) is 5.91 Å². The molecule has 5 nitrogen and oxygen atoms in total. The topological polar surface area (TPSA) is 77.2 Å². The fourth-order valence-electron chi connectivity index (χ4n) is 3.56. The normalized spacial score (nSPS) is 30.4. The number of nitrogens with one attached hydrogen (secondary N) is 1. The van der Waals surface area contributed by atoms with Crippen LogP contribution in [-0.2, 0) is 11.3 Å². The number of rotatable bonds is 4. The molecule has 0 aliphatic heterocycles. The Morgan fingerprint density at radius 1 is 1.52 bits per heavy atom. The lowest BCUT2D eigenvalue weighted by molar-refractivity contribution is -0.125. The van der Waals surface area contributed by atoms with E-state index >= 15 is 0 Å². The molecule has 2 aliphatic carbocycles. The van der Waals surface area contributed by atoms with Gasteiger partial charge in [-0.15, -0.1) is 0 Å². The quantitative estimate of drug-likeness (QED) is 0.875. The Balaban J connectivity index is 1.57. The molecule has 4 atom stereocenters. The highest BCUT2D eigenvalue weighted by Crippen LogP contribution is 2.48. The molecular formula is C15H20FN3O2. The standard InChI is InChI=1S/C15H20FN3O2/c1-21-13-2-3-18-12(14(13)16)7-19-15(20)9-4-8-6-11(17)10(8)5-9/h2-3,8-11H,4-7,17H2,1H3,(H,19,20)/t8-,9?,10-,11+/m1/s1. The van der Waals surface area contributed by atoms with E-state index in [2.05, 4.69) is 10.3 Å². The van der Waals surface area contributed by atoms with Crippen molar-refractivity contribution in [3.63, 3.8) is 0 Å². The SMILES string of the molecule is COc1ccnc(CNC(=O)C2C[C@@H]3C[C@H](N)[C@@H]3C2)c1F. The monoisotopic (exact) mass is 293 g/mol. The van der Waals surface area contributed by atoms with E-state index in [1.807, 2.05) is 0 Å². The highest BCUT2D eigenvalue weighted by molar-refractivity contribution is 5.79. The van der Waals surface area contributed by atoms with Crippen LogP contribution in [0.3, 0.4) is 0 Å². The average Bonchev–Trinajstić information content (AvgIpc) is 2.83. The van der Waals surface area contributed by atoms with Crippen LogP contribution >= 0.6 is 0 Å². The Bertz CT molecular complexity index is 552. The third-order valence-corrected chi connectivity index (χ3v) is 4.82. The van der Waals surface area contributed by atoms with Gasteiger partial charge in [0.1, 0.15) is 0 Å². The van der Waals surface area contributed by atoms with E-state index in [-0.39, 0.29) is 35.9 Å². The Morgan fingerprint density at radius 3 is 3.00 bits per heavy atom. The average molecular weight is 293 g/mol. The van der Waals surface area contributed by atoms with Crippen molar-refractivity contribution in [2.75, 3.05) is 7.11 Å². The summed E-state index contributed by atoms with van der Waals surface area (Å²) in [6, 6.07) is 1.71. The molecule has 0 bridgehead atoms. The lowest BCUT2D eigenvalue weighted by atomic mass is 9.72. The molecular weight excluding hydrogens is 273 g/mol. The van der Waals surface area contributed by atoms with Gasteiger partial charge >= 0.3 is 0 Å². The van der Waals surface area contributed by atoms with Gasteiger partial charge in [-0.1, -0.05) is 0 Å². The fourth-order valence-corrected chi connectivity index (χ4v) is 3.56. The Labute approximate surface area is 123 Å². The number of nitrogens with two attached hydrogens (primary N) is 1. The van der Waals surface area contributed by atoms with E-state index in [1.54, 1.807) is 0 Å². The smallest absolute Gasteiger partial charge is 0.223 e. The second kappa shape index (κ2) is 5.60. The zero-order chi connectivity index (χ0) is 15.0. The van der Waals surface area contributed by atoms with Crippen molar-refractivity contribution in [2.24, 2.45) is 23.5 Å². The van der Waals surface area contributed by atoms with Gasteiger partial charge < -0.3 is 15.8 Å². The number of nitrogens with zero attached hydrogens (tertiary/aromatic N) is 1. The number of hydrogen-bond donors (Lipinski definition) is 2. The number of fused-ring (bicyclic) bond motifs is 1. The largest absolute Gasteiger partial charge is 0.494 e. The summed E-state index contributed by atoms with van der Waals surface area (Å²) < 4.78 is 18.8. The van der Waals surface area contributed by atoms with E-state index in [0.29, 0.717) is 11.8 Å². The van der Waals surface area contributed by atoms with Gasteiger partial charge in [-0.25, -0.2) is 4.39 Å². The summed E-state index contributed by atoms with van der Waals surface area (Å²) in [5.41, 5.74) is 6.13. The molecule has 2 fully saturated rings. The summed E-state index contributed by atoms with van der Waals surface area (Å²) in [6.45, 7) is 0.0831. The van der Waals surface area contributed by atoms with Crippen LogP contribution in [0, 0.1) is 23.6 Å². The summed E-state index contributed by atoms with van der Waals surface area (Å²) in [5.74, 6) is 0.686. The number of ether oxygens (including phenoxy) is 1. The van der Waals surface area contributed by atoms with Crippen LogP contribution in [0.1, 0.15) is 25.0 Å². The number of carbonyl (C=O) groups is 1. The maximum absolute atomic E-state index is 13.9. The van der Waals surface area contributed by atoms with Crippen LogP contribution in [-0.4, -0.2) is 24.0 Å². The molecule has 1 aromatic rings. The summed E-state index contributed by atoms with van der Waals surface area (Å²) >= 11 is 0. The van der Waals surface area contributed by atoms with E-state index in [0.717, 1.165) is 19.3 Å². The molecule has 1 heterocycles. The first-order chi connectivity index (χ1) is 10.1. The van der Waals surface area contributed by atoms with Gasteiger partial charge in [0.05, 0.1) is 19.3 Å². The molecule has 6 heteroatoms. The third-order valence-electron chi connectivity index (χ3n) is 4.82. The molecule has 1 aromatic heterocycles. The number of pyridine rings is 1. The number of methoxy groups -OCH3 is 1. The lowest BCUT2D eigenvalue weighted by Gasteiger charge is -2.37. The predicted molar refractivity (Wildman–Crippen MR) is 74.9 cm³/mol. The van der Waals surface area contributed by atoms with Crippen molar-refractivity contribution in [3.05, 3.63) is 23.8 Å². The zero-order valence-corrected chi connectivity index (χ0v) is 12.0. The molecule has 1 amide bonds. The molecule has 3 rings (SSSR count). The number of aromatic nitrogens is 1. The van der Waals surface area contributed by atoms with Crippen molar-refractivity contribution in [3.8, 4) is 5.75 Å². The van der Waals surface area contributed by atoms with Crippen LogP contribution in [0.15, 0.2) is 12.3 Å². The highest BCUT2D eigenvalue weighted by Gasteiger charge is 2.47. The van der Waals surface area contributed by atoms with Crippen molar-refractivity contribution < 1.29 is 13.9 Å². The van der Waals surface area contributed by atoms with Crippen LogP contribution in [0.5, 0.6) is 5.75 Å². The molecule has 2 aliphatic rings. The Hall–Kier alpha value is -1.69. The maximum Gasteiger partial charge on any atom is 0.223 e. The van der Waals surface area contributed by atoms with Gasteiger partial charge in [0, 0.05) is 24.2 Å². The van der Waals surface area contributed by atoms with E-state index < -0.39 is 5.82 Å². The summed E-state index contributed by atoms with van der Waals surface area (Å²) in [5, 5.41) is 2.78. The number of hydrogen-bond acceptors (Lipinski definition) is 4. The molecule has 2 saturated carbocycles. The van der Waals surface area contributed by atoms with Gasteiger partial charge in [-0.3, -0.25) is 9.78 Å². The van der Waals surface area contributed by atoms with Crippen molar-refractivity contribution in [1.82, 2.24) is 10.3 Å². The first-order valence-electron chi connectivity index (χ1n) is 7.30. The molecule has 1 unspecified atom stereocenters. The molecule has 0 aromatic carbocycles. The second-order valence-corrected chi connectivity index (χ2v) is 5.98. The number of amides is 1. The van der Waals surface area contributed by atoms with Crippen LogP contribution in [0.25, 0.3) is 0 Å². The number of halogens is 1. The first kappa shape index (κ1) is 14.3. The van der Waals surface area contributed by atoms with Crippen molar-refractivity contribution in [1.29, 1.82) is 0 Å². The van der Waals surface area contributed by atoms with Crippen molar-refractivity contribution in [2.45, 2.75) is 31.8 Å². The summed E-state index contributed by atoms with van der Waals surface area (Å²) in [6.07, 6.45) is 4.25. The van der Waals surface area contributed by atoms with Crippen LogP contribution in [0.4, 0.5) is 4.39 Å². The van der Waals surface area contributed by atoms with Crippen molar-refractivity contribution >= 4 is 5.91 Å². The Morgan fingerprint density at radius 2 is 2.33 bits per heavy atom. The van der Waals surface area contributed by atoms with Crippen LogP contribution < -0.4 is 15.8 Å². The first-order valence-corrected chi connectivity index (χ1v) is 7.30. The minimum Gasteiger partial charge on any atom is -0.494 e. The molecule has 21 heavy (non-hydrogen) atoms. The molecule has 0 radical (unpaired) electrons. The van der Waals surface area contributed by atoms with Gasteiger partial charge in [0.15, 0.2) is 11.6 Å². The zero-order valence-electron chi connectivity index (χ0n) is 12.0. The molecule has 114 valence electrons. The molecule has 0 spiro atoms. The second-order valence-electron chi connectivity index (χ2n) is 5.98. The molecule has 3 N–H and O–H groups in total. The van der Waals surface area contributed by atoms with Gasteiger partial charge in [0.25, 0.3) is 0 Å². The number of carbonyl (C=O) groups excluding carboxylic acids is 1. The third kappa shape index (κ3) is 2.60. The van der Waals surface area contributed by atoms with Gasteiger partial charge in [-0.2, -0.15) is 0 Å². The highest BCUT2D eigenvalue weighted by atomic mass is 19.1.